The van der Waals surface area contributed by atoms with Crippen molar-refractivity contribution in [3.8, 4) is 11.5 Å². The number of carbonyl (C=O) groups excluding carboxylic acids is 6. The van der Waals surface area contributed by atoms with Crippen LogP contribution in [-0.2, 0) is 25.8 Å². The number of nitrogens with one attached hydrogen (secondary N) is 3. The van der Waals surface area contributed by atoms with Crippen molar-refractivity contribution in [2.24, 2.45) is 17.4 Å². The molecular formula is C55H65Cl2N9O8. The number of hydrogen-bond donors (Lipinski definition) is 5. The molecular weight excluding hydrogens is 986 g/mol. The highest BCUT2D eigenvalue weighted by Gasteiger charge is 2.37. The highest BCUT2D eigenvalue weighted by atomic mass is 35.5. The van der Waals surface area contributed by atoms with E-state index in [0.717, 1.165) is 51.3 Å². The van der Waals surface area contributed by atoms with E-state index in [9.17, 15) is 28.8 Å². The number of nitrogens with zero attached hydrogens (tertiary/aromatic N) is 4. The number of primary amides is 1. The van der Waals surface area contributed by atoms with Crippen molar-refractivity contribution in [1.29, 1.82) is 0 Å². The molecule has 0 spiro atoms. The molecule has 3 aliphatic rings. The van der Waals surface area contributed by atoms with Gasteiger partial charge in [-0.3, -0.25) is 19.2 Å². The van der Waals surface area contributed by atoms with E-state index in [-0.39, 0.29) is 62.0 Å². The summed E-state index contributed by atoms with van der Waals surface area (Å²) in [5.74, 6) is -0.0388. The zero-order valence-electron chi connectivity index (χ0n) is 42.0. The van der Waals surface area contributed by atoms with E-state index < -0.39 is 36.0 Å². The van der Waals surface area contributed by atoms with Crippen LogP contribution in [0.1, 0.15) is 74.5 Å². The maximum Gasteiger partial charge on any atom is 0.415 e. The van der Waals surface area contributed by atoms with Crippen LogP contribution in [0.2, 0.25) is 0 Å². The maximum atomic E-state index is 14.3. The summed E-state index contributed by atoms with van der Waals surface area (Å²) in [4.78, 5) is 86.6. The number of halogens is 2. The predicted molar refractivity (Wildman–Crippen MR) is 289 cm³/mol. The molecule has 5 aromatic carbocycles. The van der Waals surface area contributed by atoms with Gasteiger partial charge in [0, 0.05) is 111 Å². The molecule has 7 N–H and O–H groups in total. The molecule has 3 heterocycles. The van der Waals surface area contributed by atoms with Gasteiger partial charge in [-0.1, -0.05) is 74.5 Å². The number of rotatable bonds is 19. The standard InChI is InChI=1S/C55H65Cl2N9O8/c1-33(2)51(58)53(70)62-42(14-9-21-60-54(59)71)52(69)61-37-19-17-34(18-20-37)32-73-45-26-43-49(40-12-6-4-10-38(40)45)35(28-56)30-65(43)47(67)15-8-16-48(68)66-31-36(29-57)50-41-13-7-5-11-39(41)46(27-44(50)66)74-55(72)64-24-22-63(3)23-25-64/h4-7,10-13,17-20,26-27,33,35-36,42,51H,8-9,14-16,21-25,28-32,58H2,1-3H3,(H,61,69)(H,62,70)(H3,59,60,71)/t35-,36?,42?,51?/m1/s1. The molecule has 0 bridgehead atoms. The number of fused-ring (bicyclic) bond motifs is 6. The SMILES string of the molecule is CC(C)C(N)C(=O)NC(CCCNC(N)=O)C(=O)Nc1ccc(COc2cc3c(c4ccccc24)[C@H](CCl)CN3C(=O)CCCC(=O)N2CC(CCl)c3c2cc(OC(=O)N2CCN(C)CC2)c2ccccc32)cc1. The molecule has 0 saturated carbocycles. The van der Waals surface area contributed by atoms with Crippen molar-refractivity contribution in [3.05, 3.63) is 102 Å². The van der Waals surface area contributed by atoms with E-state index in [1.165, 1.54) is 0 Å². The average molecular weight is 1050 g/mol. The van der Waals surface area contributed by atoms with E-state index in [1.54, 1.807) is 32.9 Å². The molecule has 1 saturated heterocycles. The van der Waals surface area contributed by atoms with Crippen molar-refractivity contribution in [1.82, 2.24) is 20.4 Å². The van der Waals surface area contributed by atoms with Gasteiger partial charge in [-0.15, -0.1) is 23.2 Å². The molecule has 1 fully saturated rings. The van der Waals surface area contributed by atoms with Gasteiger partial charge >= 0.3 is 12.1 Å². The number of urea groups is 1. The molecule has 74 heavy (non-hydrogen) atoms. The molecule has 4 atom stereocenters. The fourth-order valence-corrected chi connectivity index (χ4v) is 10.5. The van der Waals surface area contributed by atoms with E-state index in [4.69, 9.17) is 44.1 Å². The molecule has 5 aromatic rings. The zero-order valence-corrected chi connectivity index (χ0v) is 43.6. The average Bonchev–Trinajstić information content (AvgIpc) is 3.98. The summed E-state index contributed by atoms with van der Waals surface area (Å²) < 4.78 is 12.6. The van der Waals surface area contributed by atoms with Crippen LogP contribution in [0.15, 0.2) is 84.9 Å². The van der Waals surface area contributed by atoms with Crippen LogP contribution in [0.3, 0.4) is 0 Å². The number of carbonyl (C=O) groups is 6. The van der Waals surface area contributed by atoms with Crippen LogP contribution in [0.4, 0.5) is 26.7 Å². The first kappa shape index (κ1) is 53.6. The molecule has 17 nitrogen and oxygen atoms in total. The lowest BCUT2D eigenvalue weighted by atomic mass is 9.95. The third kappa shape index (κ3) is 12.1. The minimum Gasteiger partial charge on any atom is -0.488 e. The van der Waals surface area contributed by atoms with Crippen LogP contribution in [0.25, 0.3) is 21.5 Å². The summed E-state index contributed by atoms with van der Waals surface area (Å²) in [6.45, 7) is 7.41. The Bertz CT molecular complexity index is 2900. The first-order chi connectivity index (χ1) is 35.6. The van der Waals surface area contributed by atoms with Gasteiger partial charge in [0.2, 0.25) is 23.6 Å². The molecule has 3 unspecified atom stereocenters. The number of benzene rings is 5. The quantitative estimate of drug-likeness (QED) is 0.0408. The first-order valence-electron chi connectivity index (χ1n) is 25.3. The third-order valence-electron chi connectivity index (χ3n) is 14.2. The van der Waals surface area contributed by atoms with Crippen molar-refractivity contribution in [3.63, 3.8) is 0 Å². The second-order valence-electron chi connectivity index (χ2n) is 19.7. The molecule has 8 rings (SSSR count). The number of likely N-dealkylation sites (N-methyl/N-ethyl adjacent to an activating group) is 1. The highest BCUT2D eigenvalue weighted by Crippen LogP contribution is 2.48. The lowest BCUT2D eigenvalue weighted by Gasteiger charge is -2.31. The Morgan fingerprint density at radius 3 is 1.80 bits per heavy atom. The Hall–Kier alpha value is -6.66. The van der Waals surface area contributed by atoms with Gasteiger partial charge in [-0.05, 0) is 71.8 Å². The predicted octanol–water partition coefficient (Wildman–Crippen LogP) is 7.38. The summed E-state index contributed by atoms with van der Waals surface area (Å²) >= 11 is 13.2. The van der Waals surface area contributed by atoms with Crippen LogP contribution < -0.4 is 46.7 Å². The van der Waals surface area contributed by atoms with Crippen molar-refractivity contribution in [2.45, 2.75) is 76.5 Å². The summed E-state index contributed by atoms with van der Waals surface area (Å²) in [5, 5.41) is 11.6. The van der Waals surface area contributed by atoms with Gasteiger partial charge in [0.25, 0.3) is 0 Å². The van der Waals surface area contributed by atoms with E-state index >= 15 is 0 Å². The summed E-state index contributed by atoms with van der Waals surface area (Å²) in [7, 11) is 2.02. The lowest BCUT2D eigenvalue weighted by Crippen LogP contribution is -2.51. The number of nitrogens with two attached hydrogens (primary N) is 2. The molecule has 0 aromatic heterocycles. The third-order valence-corrected chi connectivity index (χ3v) is 15.0. The van der Waals surface area contributed by atoms with Gasteiger partial charge in [-0.25, -0.2) is 9.59 Å². The second-order valence-corrected chi connectivity index (χ2v) is 20.3. The number of ether oxygens (including phenoxy) is 2. The number of piperazine rings is 1. The van der Waals surface area contributed by atoms with Crippen molar-refractivity contribution < 1.29 is 38.2 Å². The Morgan fingerprint density at radius 2 is 1.26 bits per heavy atom. The molecule has 0 aliphatic carbocycles. The first-order valence-corrected chi connectivity index (χ1v) is 26.3. The summed E-state index contributed by atoms with van der Waals surface area (Å²) in [6, 6.07) is 24.0. The van der Waals surface area contributed by atoms with Crippen molar-refractivity contribution >= 4 is 97.6 Å². The Balaban J connectivity index is 0.930. The van der Waals surface area contributed by atoms with Crippen molar-refractivity contribution in [2.75, 3.05) is 79.7 Å². The highest BCUT2D eigenvalue weighted by molar-refractivity contribution is 6.19. The fourth-order valence-electron chi connectivity index (χ4n) is 9.99. The van der Waals surface area contributed by atoms with Gasteiger partial charge in [0.05, 0.1) is 17.4 Å². The van der Waals surface area contributed by atoms with Gasteiger partial charge in [-0.2, -0.15) is 0 Å². The van der Waals surface area contributed by atoms with Crippen LogP contribution >= 0.6 is 23.2 Å². The maximum absolute atomic E-state index is 14.3. The number of hydrogen-bond acceptors (Lipinski definition) is 10. The second kappa shape index (κ2) is 24.1. The molecule has 7 amide bonds. The van der Waals surface area contributed by atoms with Crippen LogP contribution in [0.5, 0.6) is 11.5 Å². The molecule has 19 heteroatoms. The van der Waals surface area contributed by atoms with Crippen LogP contribution in [-0.4, -0.2) is 122 Å². The monoisotopic (exact) mass is 1050 g/mol. The zero-order chi connectivity index (χ0) is 52.6. The lowest BCUT2D eigenvalue weighted by molar-refractivity contribution is -0.128. The Labute approximate surface area is 441 Å². The van der Waals surface area contributed by atoms with Gasteiger partial charge in [0.1, 0.15) is 24.1 Å². The largest absolute Gasteiger partial charge is 0.488 e. The number of amides is 7. The summed E-state index contributed by atoms with van der Waals surface area (Å²) in [5.41, 5.74) is 15.8. The fraction of sp³-hybridized carbons (Fsp3) is 0.418. The smallest absolute Gasteiger partial charge is 0.415 e. The van der Waals surface area contributed by atoms with E-state index in [1.807, 2.05) is 87.6 Å². The molecule has 392 valence electrons. The minimum atomic E-state index is -0.911. The molecule has 0 radical (unpaired) electrons. The molecule has 3 aliphatic heterocycles. The Kier molecular flexibility index (Phi) is 17.5. The van der Waals surface area contributed by atoms with E-state index in [0.29, 0.717) is 79.3 Å². The normalized spacial score (nSPS) is 17.2. The van der Waals surface area contributed by atoms with Gasteiger partial charge in [0.15, 0.2) is 0 Å². The Morgan fingerprint density at radius 1 is 0.716 bits per heavy atom. The topological polar surface area (TPSA) is 222 Å². The number of alkyl halides is 2. The summed E-state index contributed by atoms with van der Waals surface area (Å²) in [6.07, 6.45) is 0.715. The minimum absolute atomic E-state index is 0.109. The number of anilines is 3. The van der Waals surface area contributed by atoms with Gasteiger partial charge < -0.3 is 56.5 Å². The van der Waals surface area contributed by atoms with Crippen LogP contribution in [0, 0.1) is 5.92 Å². The van der Waals surface area contributed by atoms with E-state index in [2.05, 4.69) is 20.9 Å².